The number of ether oxygens (including phenoxy) is 2. The van der Waals surface area contributed by atoms with Gasteiger partial charge < -0.3 is 20.1 Å². The summed E-state index contributed by atoms with van der Waals surface area (Å²) < 4.78 is 24.9. The van der Waals surface area contributed by atoms with Gasteiger partial charge in [0.1, 0.15) is 17.5 Å². The van der Waals surface area contributed by atoms with E-state index >= 15 is 0 Å². The van der Waals surface area contributed by atoms with Crippen molar-refractivity contribution in [1.29, 1.82) is 0 Å². The summed E-state index contributed by atoms with van der Waals surface area (Å²) in [5, 5.41) is 5.07. The lowest BCUT2D eigenvalue weighted by Gasteiger charge is -2.23. The highest BCUT2D eigenvalue weighted by Gasteiger charge is 2.25. The largest absolute Gasteiger partial charge is 0.467 e. The van der Waals surface area contributed by atoms with Gasteiger partial charge in [0.15, 0.2) is 0 Å². The number of carbonyl (C=O) groups is 3. The number of esters is 1. The van der Waals surface area contributed by atoms with Gasteiger partial charge in [-0.15, -0.1) is 0 Å². The fraction of sp³-hybridized carbons (Fsp3) is 0.522. The van der Waals surface area contributed by atoms with Crippen LogP contribution in [0.2, 0.25) is 0 Å². The average molecular weight is 437 g/mol. The first-order valence-electron chi connectivity index (χ1n) is 10.2. The molecule has 31 heavy (non-hydrogen) atoms. The molecule has 172 valence electrons. The number of amides is 2. The first-order valence-corrected chi connectivity index (χ1v) is 10.2. The predicted molar refractivity (Wildman–Crippen MR) is 116 cm³/mol. The zero-order chi connectivity index (χ0) is 23.6. The molecule has 0 aliphatic heterocycles. The lowest BCUT2D eigenvalue weighted by molar-refractivity contribution is -0.146. The minimum absolute atomic E-state index is 0.181. The number of hydrogen-bond donors (Lipinski definition) is 2. The van der Waals surface area contributed by atoms with Crippen LogP contribution >= 0.6 is 0 Å². The smallest absolute Gasteiger partial charge is 0.408 e. The Kier molecular flexibility index (Phi) is 10.2. The fourth-order valence-electron chi connectivity index (χ4n) is 2.71. The van der Waals surface area contributed by atoms with Crippen LogP contribution in [0.5, 0.6) is 0 Å². The molecule has 2 amide bonds. The zero-order valence-electron chi connectivity index (χ0n) is 19.0. The third kappa shape index (κ3) is 10.1. The maximum absolute atomic E-state index is 14.9. The van der Waals surface area contributed by atoms with E-state index in [9.17, 15) is 18.8 Å². The molecule has 0 aromatic heterocycles. The van der Waals surface area contributed by atoms with Crippen molar-refractivity contribution in [2.24, 2.45) is 5.92 Å². The zero-order valence-corrected chi connectivity index (χ0v) is 19.0. The summed E-state index contributed by atoms with van der Waals surface area (Å²) in [6, 6.07) is 7.26. The van der Waals surface area contributed by atoms with Gasteiger partial charge >= 0.3 is 12.1 Å². The minimum atomic E-state index is -1.01. The second kappa shape index (κ2) is 12.1. The first-order chi connectivity index (χ1) is 14.4. The Morgan fingerprint density at radius 1 is 1.10 bits per heavy atom. The Hall–Kier alpha value is -2.90. The van der Waals surface area contributed by atoms with Gasteiger partial charge in [-0.05, 0) is 44.7 Å². The second-order valence-electron chi connectivity index (χ2n) is 8.49. The molecule has 1 aromatic rings. The van der Waals surface area contributed by atoms with Crippen molar-refractivity contribution in [2.75, 3.05) is 7.11 Å². The highest BCUT2D eigenvalue weighted by atomic mass is 19.1. The van der Waals surface area contributed by atoms with Gasteiger partial charge in [0.2, 0.25) is 5.91 Å². The van der Waals surface area contributed by atoms with Gasteiger partial charge in [-0.3, -0.25) is 4.79 Å². The van der Waals surface area contributed by atoms with Crippen LogP contribution in [0.3, 0.4) is 0 Å². The maximum Gasteiger partial charge on any atom is 0.408 e. The van der Waals surface area contributed by atoms with Crippen LogP contribution in [0.15, 0.2) is 42.2 Å². The number of carbonyl (C=O) groups excluding carboxylic acids is 3. The molecular formula is C23H33FN2O5. The Morgan fingerprint density at radius 2 is 1.71 bits per heavy atom. The lowest BCUT2D eigenvalue weighted by Crippen LogP contribution is -2.45. The highest BCUT2D eigenvalue weighted by Crippen LogP contribution is 2.15. The molecule has 0 saturated carbocycles. The molecule has 0 heterocycles. The predicted octanol–water partition coefficient (Wildman–Crippen LogP) is 3.68. The van der Waals surface area contributed by atoms with E-state index in [2.05, 4.69) is 15.4 Å². The number of hydrogen-bond acceptors (Lipinski definition) is 5. The second-order valence-corrected chi connectivity index (χ2v) is 8.49. The van der Waals surface area contributed by atoms with E-state index in [1.165, 1.54) is 7.11 Å². The van der Waals surface area contributed by atoms with E-state index in [1.807, 2.05) is 30.3 Å². The number of rotatable bonds is 9. The van der Waals surface area contributed by atoms with Crippen LogP contribution in [0.4, 0.5) is 9.18 Å². The molecule has 0 fully saturated rings. The average Bonchev–Trinajstić information content (AvgIpc) is 2.68. The van der Waals surface area contributed by atoms with Crippen LogP contribution in [-0.2, 0) is 25.5 Å². The van der Waals surface area contributed by atoms with E-state index in [4.69, 9.17) is 4.74 Å². The van der Waals surface area contributed by atoms with Gasteiger partial charge in [0.05, 0.1) is 13.2 Å². The summed E-state index contributed by atoms with van der Waals surface area (Å²) in [4.78, 5) is 36.2. The Morgan fingerprint density at radius 3 is 2.23 bits per heavy atom. The lowest BCUT2D eigenvalue weighted by atomic mass is 10.0. The molecule has 0 bridgehead atoms. The number of halogens is 1. The molecule has 0 saturated heterocycles. The molecule has 2 N–H and O–H groups in total. The van der Waals surface area contributed by atoms with Crippen molar-refractivity contribution < 1.29 is 28.2 Å². The molecule has 0 aliphatic rings. The van der Waals surface area contributed by atoms with Crippen LogP contribution in [0, 0.1) is 5.92 Å². The Bertz CT molecular complexity index is 772. The van der Waals surface area contributed by atoms with Crippen molar-refractivity contribution in [1.82, 2.24) is 10.6 Å². The molecule has 7 nitrogen and oxygen atoms in total. The molecule has 1 rings (SSSR count). The molecule has 0 unspecified atom stereocenters. The van der Waals surface area contributed by atoms with Crippen molar-refractivity contribution in [3.05, 3.63) is 47.8 Å². The standard InChI is InChI=1S/C23H33FN2O5/c1-15(2)20(21(28)30-6)26-19(27)13-12-17(24)18(14-16-10-8-7-9-11-16)25-22(29)31-23(3,4)5/h7-12,15,18,20H,13-14H2,1-6H3,(H,25,29)(H,26,27)/b17-12+/t18-,20-/m0/s1. The van der Waals surface area contributed by atoms with Gasteiger partial charge in [-0.1, -0.05) is 44.2 Å². The molecule has 1 aromatic carbocycles. The topological polar surface area (TPSA) is 93.7 Å². The SMILES string of the molecule is COC(=O)[C@@H](NC(=O)C/C=C(/F)[C@H](Cc1ccccc1)NC(=O)OC(C)(C)C)C(C)C. The summed E-state index contributed by atoms with van der Waals surface area (Å²) in [6.07, 6.45) is 0.218. The summed E-state index contributed by atoms with van der Waals surface area (Å²) in [7, 11) is 1.24. The van der Waals surface area contributed by atoms with E-state index in [-0.39, 0.29) is 18.8 Å². The van der Waals surface area contributed by atoms with E-state index in [0.29, 0.717) is 0 Å². The monoisotopic (exact) mass is 436 g/mol. The molecule has 8 heteroatoms. The van der Waals surface area contributed by atoms with Crippen LogP contribution in [0.1, 0.15) is 46.6 Å². The normalized spacial score (nSPS) is 13.9. The maximum atomic E-state index is 14.9. The van der Waals surface area contributed by atoms with E-state index in [0.717, 1.165) is 11.6 Å². The minimum Gasteiger partial charge on any atom is -0.467 e. The summed E-state index contributed by atoms with van der Waals surface area (Å²) in [6.45, 7) is 8.66. The van der Waals surface area contributed by atoms with Gasteiger partial charge in [-0.25, -0.2) is 14.0 Å². The summed E-state index contributed by atoms with van der Waals surface area (Å²) >= 11 is 0. The van der Waals surface area contributed by atoms with Crippen LogP contribution in [0.25, 0.3) is 0 Å². The fourth-order valence-corrected chi connectivity index (χ4v) is 2.71. The molecule has 2 atom stereocenters. The first kappa shape index (κ1) is 26.1. The number of benzene rings is 1. The van der Waals surface area contributed by atoms with Gasteiger partial charge in [0, 0.05) is 6.42 Å². The van der Waals surface area contributed by atoms with Crippen molar-refractivity contribution in [3.63, 3.8) is 0 Å². The Balaban J connectivity index is 2.90. The Labute approximate surface area is 183 Å². The summed E-state index contributed by atoms with van der Waals surface area (Å²) in [5.74, 6) is -1.97. The number of nitrogens with one attached hydrogen (secondary N) is 2. The van der Waals surface area contributed by atoms with Crippen LogP contribution in [-0.4, -0.2) is 42.8 Å². The summed E-state index contributed by atoms with van der Waals surface area (Å²) in [5.41, 5.74) is 0.0726. The van der Waals surface area contributed by atoms with Crippen molar-refractivity contribution >= 4 is 18.0 Å². The van der Waals surface area contributed by atoms with Crippen LogP contribution < -0.4 is 10.6 Å². The van der Waals surface area contributed by atoms with E-state index in [1.54, 1.807) is 34.6 Å². The number of methoxy groups -OCH3 is 1. The third-order valence-corrected chi connectivity index (χ3v) is 4.23. The molecule has 0 spiro atoms. The highest BCUT2D eigenvalue weighted by molar-refractivity contribution is 5.85. The quantitative estimate of drug-likeness (QED) is 0.576. The third-order valence-electron chi connectivity index (χ3n) is 4.23. The van der Waals surface area contributed by atoms with Gasteiger partial charge in [-0.2, -0.15) is 0 Å². The molecule has 0 aliphatic carbocycles. The number of alkyl carbamates (subject to hydrolysis) is 1. The van der Waals surface area contributed by atoms with Crippen molar-refractivity contribution in [3.8, 4) is 0 Å². The van der Waals surface area contributed by atoms with Gasteiger partial charge in [0.25, 0.3) is 0 Å². The van der Waals surface area contributed by atoms with Crippen molar-refractivity contribution in [2.45, 2.75) is 65.1 Å². The molecule has 0 radical (unpaired) electrons. The molecular weight excluding hydrogens is 403 g/mol. The van der Waals surface area contributed by atoms with E-state index < -0.39 is 41.5 Å².